The summed E-state index contributed by atoms with van der Waals surface area (Å²) in [6.45, 7) is 2.09. The Hall–Kier alpha value is -1.52. The maximum atomic E-state index is 13.2. The molecule has 0 aromatic heterocycles. The van der Waals surface area contributed by atoms with E-state index in [0.717, 1.165) is 31.7 Å². The van der Waals surface area contributed by atoms with Gasteiger partial charge in [0.1, 0.15) is 6.29 Å². The fourth-order valence-corrected chi connectivity index (χ4v) is 3.21. The minimum Gasteiger partial charge on any atom is -0.371 e. The summed E-state index contributed by atoms with van der Waals surface area (Å²) in [6.07, 6.45) is 0.130. The van der Waals surface area contributed by atoms with Crippen LogP contribution in [0, 0.1) is 5.92 Å². The molecule has 0 bridgehead atoms. The van der Waals surface area contributed by atoms with Gasteiger partial charge in [0.05, 0.1) is 5.56 Å². The van der Waals surface area contributed by atoms with Crippen LogP contribution in [-0.2, 0) is 6.18 Å². The molecule has 0 spiro atoms. The van der Waals surface area contributed by atoms with E-state index in [1.54, 1.807) is 11.9 Å². The van der Waals surface area contributed by atoms with Gasteiger partial charge in [0.25, 0.3) is 0 Å². The van der Waals surface area contributed by atoms with Crippen LogP contribution in [-0.4, -0.2) is 19.4 Å². The number of halogens is 3. The number of carbonyl (C=O) groups excluding carboxylic acids is 1. The first kappa shape index (κ1) is 15.9. The van der Waals surface area contributed by atoms with E-state index in [2.05, 4.69) is 6.92 Å². The second-order valence-corrected chi connectivity index (χ2v) is 5.83. The molecule has 1 saturated carbocycles. The highest BCUT2D eigenvalue weighted by atomic mass is 19.4. The molecule has 2 atom stereocenters. The third kappa shape index (κ3) is 3.39. The molecule has 2 nitrogen and oxygen atoms in total. The number of hydrogen-bond donors (Lipinski definition) is 0. The lowest BCUT2D eigenvalue weighted by atomic mass is 9.84. The number of alkyl halides is 3. The normalized spacial score (nSPS) is 22.9. The Kier molecular flexibility index (Phi) is 4.59. The van der Waals surface area contributed by atoms with Crippen molar-refractivity contribution in [2.24, 2.45) is 5.92 Å². The molecule has 0 saturated heterocycles. The molecule has 0 amide bonds. The van der Waals surface area contributed by atoms with Gasteiger partial charge < -0.3 is 4.90 Å². The zero-order valence-electron chi connectivity index (χ0n) is 12.3. The average molecular weight is 299 g/mol. The van der Waals surface area contributed by atoms with Gasteiger partial charge in [-0.15, -0.1) is 0 Å². The van der Waals surface area contributed by atoms with E-state index in [9.17, 15) is 18.0 Å². The number of carbonyl (C=O) groups is 1. The number of aldehydes is 1. The van der Waals surface area contributed by atoms with Crippen molar-refractivity contribution >= 4 is 12.0 Å². The highest BCUT2D eigenvalue weighted by Crippen LogP contribution is 2.39. The Labute approximate surface area is 122 Å². The first-order valence-electron chi connectivity index (χ1n) is 7.24. The summed E-state index contributed by atoms with van der Waals surface area (Å²) in [6, 6.07) is 3.91. The lowest BCUT2D eigenvalue weighted by molar-refractivity contribution is -0.137. The van der Waals surface area contributed by atoms with Gasteiger partial charge >= 0.3 is 6.18 Å². The predicted molar refractivity (Wildman–Crippen MR) is 76.7 cm³/mol. The van der Waals surface area contributed by atoms with E-state index >= 15 is 0 Å². The smallest absolute Gasteiger partial charge is 0.371 e. The first-order chi connectivity index (χ1) is 9.84. The molecule has 21 heavy (non-hydrogen) atoms. The van der Waals surface area contributed by atoms with Crippen LogP contribution in [0.25, 0.3) is 0 Å². The molecule has 0 radical (unpaired) electrons. The van der Waals surface area contributed by atoms with Crippen molar-refractivity contribution < 1.29 is 18.0 Å². The minimum absolute atomic E-state index is 0.0520. The number of nitrogens with zero attached hydrogens (tertiary/aromatic N) is 1. The van der Waals surface area contributed by atoms with Crippen molar-refractivity contribution in [3.8, 4) is 0 Å². The molecule has 1 fully saturated rings. The molecule has 1 aromatic rings. The average Bonchev–Trinajstić information content (AvgIpc) is 2.45. The monoisotopic (exact) mass is 299 g/mol. The van der Waals surface area contributed by atoms with Crippen LogP contribution in [0.15, 0.2) is 18.2 Å². The third-order valence-corrected chi connectivity index (χ3v) is 4.41. The molecule has 1 aliphatic rings. The maximum Gasteiger partial charge on any atom is 0.418 e. The van der Waals surface area contributed by atoms with Crippen LogP contribution in [0.1, 0.15) is 48.5 Å². The van der Waals surface area contributed by atoms with Crippen LogP contribution in [0.5, 0.6) is 0 Å². The standard InChI is InChI=1S/C16H20F3NO/c1-11-5-3-4-6-14(11)20(2)15-8-7-12(10-21)9-13(15)16(17,18)19/h7-11,14H,3-6H2,1-2H3. The van der Waals surface area contributed by atoms with Gasteiger partial charge in [-0.1, -0.05) is 19.8 Å². The number of anilines is 1. The first-order valence-corrected chi connectivity index (χ1v) is 7.24. The fourth-order valence-electron chi connectivity index (χ4n) is 3.21. The summed E-state index contributed by atoms with van der Waals surface area (Å²) in [7, 11) is 1.72. The van der Waals surface area contributed by atoms with Gasteiger partial charge in [-0.05, 0) is 37.0 Å². The Morgan fingerprint density at radius 2 is 1.90 bits per heavy atom. The largest absolute Gasteiger partial charge is 0.418 e. The van der Waals surface area contributed by atoms with Crippen LogP contribution < -0.4 is 4.90 Å². The van der Waals surface area contributed by atoms with Crippen molar-refractivity contribution in [3.05, 3.63) is 29.3 Å². The summed E-state index contributed by atoms with van der Waals surface area (Å²) in [5.41, 5.74) is -0.518. The van der Waals surface area contributed by atoms with Gasteiger partial charge in [0.15, 0.2) is 0 Å². The van der Waals surface area contributed by atoms with E-state index in [-0.39, 0.29) is 17.3 Å². The van der Waals surface area contributed by atoms with E-state index in [1.165, 1.54) is 12.1 Å². The number of benzene rings is 1. The summed E-state index contributed by atoms with van der Waals surface area (Å²) in [5.74, 6) is 0.371. The van der Waals surface area contributed by atoms with Gasteiger partial charge in [-0.2, -0.15) is 13.2 Å². The Morgan fingerprint density at radius 1 is 1.24 bits per heavy atom. The molecule has 5 heteroatoms. The summed E-state index contributed by atoms with van der Waals surface area (Å²) < 4.78 is 39.7. The fraction of sp³-hybridized carbons (Fsp3) is 0.562. The van der Waals surface area contributed by atoms with Crippen LogP contribution in [0.2, 0.25) is 0 Å². The van der Waals surface area contributed by atoms with Gasteiger partial charge in [0.2, 0.25) is 0 Å². The molecule has 0 aliphatic heterocycles. The lowest BCUT2D eigenvalue weighted by Gasteiger charge is -2.38. The Morgan fingerprint density at radius 3 is 2.48 bits per heavy atom. The lowest BCUT2D eigenvalue weighted by Crippen LogP contribution is -2.40. The third-order valence-electron chi connectivity index (χ3n) is 4.41. The van der Waals surface area contributed by atoms with Crippen molar-refractivity contribution in [3.63, 3.8) is 0 Å². The van der Waals surface area contributed by atoms with Crippen LogP contribution in [0.4, 0.5) is 18.9 Å². The van der Waals surface area contributed by atoms with Gasteiger partial charge in [-0.25, -0.2) is 0 Å². The zero-order chi connectivity index (χ0) is 15.6. The number of hydrogen-bond acceptors (Lipinski definition) is 2. The molecular weight excluding hydrogens is 279 g/mol. The van der Waals surface area contributed by atoms with E-state index in [1.807, 2.05) is 0 Å². The van der Waals surface area contributed by atoms with Crippen molar-refractivity contribution in [2.45, 2.75) is 44.8 Å². The summed E-state index contributed by atoms with van der Waals surface area (Å²) in [4.78, 5) is 12.5. The number of rotatable bonds is 3. The predicted octanol–water partition coefficient (Wildman–Crippen LogP) is 4.53. The highest BCUT2D eigenvalue weighted by molar-refractivity contribution is 5.77. The summed E-state index contributed by atoms with van der Waals surface area (Å²) in [5, 5.41) is 0. The SMILES string of the molecule is CC1CCCCC1N(C)c1ccc(C=O)cc1C(F)(F)F. The molecule has 0 heterocycles. The molecule has 2 rings (SSSR count). The van der Waals surface area contributed by atoms with Crippen molar-refractivity contribution in [1.82, 2.24) is 0 Å². The highest BCUT2D eigenvalue weighted by Gasteiger charge is 2.36. The molecule has 116 valence electrons. The van der Waals surface area contributed by atoms with E-state index in [4.69, 9.17) is 0 Å². The van der Waals surface area contributed by atoms with Crippen LogP contribution in [0.3, 0.4) is 0 Å². The molecular formula is C16H20F3NO. The van der Waals surface area contributed by atoms with E-state index in [0.29, 0.717) is 12.2 Å². The van der Waals surface area contributed by atoms with Gasteiger partial charge in [0, 0.05) is 24.3 Å². The van der Waals surface area contributed by atoms with Crippen molar-refractivity contribution in [1.29, 1.82) is 0 Å². The maximum absolute atomic E-state index is 13.2. The molecule has 1 aliphatic carbocycles. The van der Waals surface area contributed by atoms with Crippen molar-refractivity contribution in [2.75, 3.05) is 11.9 Å². The quantitative estimate of drug-likeness (QED) is 0.764. The molecule has 0 N–H and O–H groups in total. The van der Waals surface area contributed by atoms with E-state index < -0.39 is 11.7 Å². The Bertz CT molecular complexity index is 513. The second kappa shape index (κ2) is 6.08. The zero-order valence-corrected chi connectivity index (χ0v) is 12.3. The minimum atomic E-state index is -4.46. The van der Waals surface area contributed by atoms with Crippen LogP contribution >= 0.6 is 0 Å². The molecule has 1 aromatic carbocycles. The molecule has 2 unspecified atom stereocenters. The van der Waals surface area contributed by atoms with Gasteiger partial charge in [-0.3, -0.25) is 4.79 Å². The Balaban J connectivity index is 2.40. The topological polar surface area (TPSA) is 20.3 Å². The summed E-state index contributed by atoms with van der Waals surface area (Å²) >= 11 is 0. The second-order valence-electron chi connectivity index (χ2n) is 5.83.